The van der Waals surface area contributed by atoms with Gasteiger partial charge in [-0.05, 0) is 17.4 Å². The van der Waals surface area contributed by atoms with Gasteiger partial charge in [-0.1, -0.05) is 19.9 Å². The molecule has 0 saturated carbocycles. The van der Waals surface area contributed by atoms with Gasteiger partial charge in [0, 0.05) is 30.9 Å². The van der Waals surface area contributed by atoms with Gasteiger partial charge in [0.2, 0.25) is 11.6 Å². The van der Waals surface area contributed by atoms with Gasteiger partial charge in [-0.2, -0.15) is 5.26 Å². The molecule has 0 amide bonds. The van der Waals surface area contributed by atoms with Crippen LogP contribution >= 0.6 is 11.3 Å². The number of hydrogen-bond acceptors (Lipinski definition) is 7. The van der Waals surface area contributed by atoms with Gasteiger partial charge in [-0.25, -0.2) is 4.98 Å². The lowest BCUT2D eigenvalue weighted by Crippen LogP contribution is -2.41. The molecule has 1 N–H and O–H groups in total. The molecule has 6 nitrogen and oxygen atoms in total. The Morgan fingerprint density at radius 2 is 2.20 bits per heavy atom. The molecule has 1 saturated heterocycles. The number of nitrogens with zero attached hydrogens (tertiary/aromatic N) is 3. The van der Waals surface area contributed by atoms with Crippen molar-refractivity contribution in [3.63, 3.8) is 0 Å². The summed E-state index contributed by atoms with van der Waals surface area (Å²) < 4.78 is 11.3. The van der Waals surface area contributed by atoms with Crippen LogP contribution in [0.5, 0.6) is 0 Å². The zero-order valence-corrected chi connectivity index (χ0v) is 15.5. The summed E-state index contributed by atoms with van der Waals surface area (Å²) in [5.74, 6) is 1.53. The van der Waals surface area contributed by atoms with Crippen molar-refractivity contribution >= 4 is 17.2 Å². The Morgan fingerprint density at radius 1 is 1.40 bits per heavy atom. The third-order valence-corrected chi connectivity index (χ3v) is 5.15. The van der Waals surface area contributed by atoms with Crippen molar-refractivity contribution in [2.24, 2.45) is 5.92 Å². The number of hydrogen-bond donors (Lipinski definition) is 1. The molecule has 134 valence electrons. The van der Waals surface area contributed by atoms with E-state index in [0.29, 0.717) is 29.9 Å². The zero-order valence-electron chi connectivity index (χ0n) is 14.7. The van der Waals surface area contributed by atoms with Crippen LogP contribution in [0.4, 0.5) is 5.88 Å². The summed E-state index contributed by atoms with van der Waals surface area (Å²) in [7, 11) is 0. The van der Waals surface area contributed by atoms with E-state index >= 15 is 0 Å². The molecule has 0 radical (unpaired) electrons. The molecular weight excluding hydrogens is 336 g/mol. The quantitative estimate of drug-likeness (QED) is 0.817. The highest BCUT2D eigenvalue weighted by molar-refractivity contribution is 7.10. The highest BCUT2D eigenvalue weighted by Crippen LogP contribution is 2.27. The van der Waals surface area contributed by atoms with E-state index in [9.17, 15) is 5.26 Å². The molecule has 0 aliphatic carbocycles. The monoisotopic (exact) mass is 360 g/mol. The van der Waals surface area contributed by atoms with E-state index in [1.54, 1.807) is 11.3 Å². The second-order valence-electron chi connectivity index (χ2n) is 6.56. The number of aromatic nitrogens is 1. The third kappa shape index (κ3) is 4.60. The summed E-state index contributed by atoms with van der Waals surface area (Å²) in [5.41, 5.74) is 0.336. The van der Waals surface area contributed by atoms with Crippen LogP contribution in [-0.2, 0) is 11.2 Å². The normalized spacial score (nSPS) is 16.7. The molecule has 0 spiro atoms. The lowest BCUT2D eigenvalue weighted by molar-refractivity contribution is 0.0193. The number of nitriles is 1. The second-order valence-corrected chi connectivity index (χ2v) is 7.53. The van der Waals surface area contributed by atoms with Crippen LogP contribution in [0.1, 0.15) is 36.4 Å². The molecular formula is C18H24N4O2S. The van der Waals surface area contributed by atoms with Gasteiger partial charge < -0.3 is 14.5 Å². The van der Waals surface area contributed by atoms with E-state index in [2.05, 4.69) is 52.6 Å². The molecule has 3 rings (SSSR count). The number of anilines is 1. The van der Waals surface area contributed by atoms with Crippen molar-refractivity contribution in [2.75, 3.05) is 38.2 Å². The van der Waals surface area contributed by atoms with Crippen LogP contribution in [0.15, 0.2) is 21.9 Å². The van der Waals surface area contributed by atoms with Gasteiger partial charge in [0.05, 0.1) is 19.3 Å². The van der Waals surface area contributed by atoms with Crippen LogP contribution in [0.25, 0.3) is 0 Å². The van der Waals surface area contributed by atoms with Gasteiger partial charge in [-0.3, -0.25) is 4.90 Å². The fourth-order valence-corrected chi connectivity index (χ4v) is 3.83. The predicted molar refractivity (Wildman–Crippen MR) is 97.7 cm³/mol. The van der Waals surface area contributed by atoms with E-state index in [1.807, 2.05) is 0 Å². The molecule has 1 aliphatic rings. The standard InChI is InChI=1S/C18H24N4O2S/c1-13(2)10-17-21-14(11-19)18(24-17)20-12-15(16-4-3-9-25-16)22-5-7-23-8-6-22/h3-4,9,13,15,20H,5-8,10,12H2,1-2H3. The summed E-state index contributed by atoms with van der Waals surface area (Å²) in [6.07, 6.45) is 0.730. The molecule has 25 heavy (non-hydrogen) atoms. The minimum absolute atomic E-state index is 0.231. The topological polar surface area (TPSA) is 74.3 Å². The maximum Gasteiger partial charge on any atom is 0.232 e. The first-order valence-corrected chi connectivity index (χ1v) is 9.54. The maximum absolute atomic E-state index is 9.33. The molecule has 0 aromatic carbocycles. The Kier molecular flexibility index (Phi) is 6.08. The van der Waals surface area contributed by atoms with E-state index in [4.69, 9.17) is 9.15 Å². The molecule has 1 unspecified atom stereocenters. The average molecular weight is 360 g/mol. The van der Waals surface area contributed by atoms with E-state index in [0.717, 1.165) is 32.7 Å². The van der Waals surface area contributed by atoms with Crippen LogP contribution in [0, 0.1) is 17.2 Å². The number of morpholine rings is 1. The first kappa shape index (κ1) is 17.9. The van der Waals surface area contributed by atoms with E-state index in [1.165, 1.54) is 4.88 Å². The SMILES string of the molecule is CC(C)Cc1nc(C#N)c(NCC(c2cccs2)N2CCOCC2)o1. The average Bonchev–Trinajstić information content (AvgIpc) is 3.25. The summed E-state index contributed by atoms with van der Waals surface area (Å²) in [6.45, 7) is 8.21. The van der Waals surface area contributed by atoms with Crippen molar-refractivity contribution in [1.82, 2.24) is 9.88 Å². The number of nitrogens with one attached hydrogen (secondary N) is 1. The lowest BCUT2D eigenvalue weighted by atomic mass is 10.1. The Balaban J connectivity index is 1.72. The predicted octanol–water partition coefficient (Wildman–Crippen LogP) is 3.29. The highest BCUT2D eigenvalue weighted by Gasteiger charge is 2.24. The Bertz CT molecular complexity index is 699. The summed E-state index contributed by atoms with van der Waals surface area (Å²) in [6, 6.07) is 6.59. The molecule has 2 aromatic heterocycles. The zero-order chi connectivity index (χ0) is 17.6. The maximum atomic E-state index is 9.33. The van der Waals surface area contributed by atoms with Gasteiger partial charge >= 0.3 is 0 Å². The van der Waals surface area contributed by atoms with Crippen LogP contribution < -0.4 is 5.32 Å². The first-order valence-electron chi connectivity index (χ1n) is 8.66. The van der Waals surface area contributed by atoms with Crippen LogP contribution in [0.2, 0.25) is 0 Å². The third-order valence-electron chi connectivity index (χ3n) is 4.17. The Labute approximate surface area is 152 Å². The molecule has 0 bridgehead atoms. The molecule has 1 fully saturated rings. The summed E-state index contributed by atoms with van der Waals surface area (Å²) in [5, 5.41) is 14.7. The van der Waals surface area contributed by atoms with Crippen molar-refractivity contribution in [3.8, 4) is 6.07 Å². The Morgan fingerprint density at radius 3 is 2.84 bits per heavy atom. The molecule has 1 atom stereocenters. The van der Waals surface area contributed by atoms with E-state index < -0.39 is 0 Å². The first-order chi connectivity index (χ1) is 12.2. The molecule has 3 heterocycles. The van der Waals surface area contributed by atoms with Gasteiger partial charge in [-0.15, -0.1) is 11.3 Å². The van der Waals surface area contributed by atoms with Crippen LogP contribution in [-0.4, -0.2) is 42.7 Å². The van der Waals surface area contributed by atoms with Crippen molar-refractivity contribution in [2.45, 2.75) is 26.3 Å². The fourth-order valence-electron chi connectivity index (χ4n) is 2.97. The highest BCUT2D eigenvalue weighted by atomic mass is 32.1. The van der Waals surface area contributed by atoms with Crippen LogP contribution in [0.3, 0.4) is 0 Å². The smallest absolute Gasteiger partial charge is 0.232 e. The molecule has 1 aliphatic heterocycles. The number of ether oxygens (including phenoxy) is 1. The van der Waals surface area contributed by atoms with Gasteiger partial charge in [0.25, 0.3) is 0 Å². The van der Waals surface area contributed by atoms with Gasteiger partial charge in [0.1, 0.15) is 6.07 Å². The summed E-state index contributed by atoms with van der Waals surface area (Å²) in [4.78, 5) is 8.02. The van der Waals surface area contributed by atoms with Gasteiger partial charge in [0.15, 0.2) is 5.89 Å². The minimum atomic E-state index is 0.231. The lowest BCUT2D eigenvalue weighted by Gasteiger charge is -2.34. The number of rotatable bonds is 7. The summed E-state index contributed by atoms with van der Waals surface area (Å²) >= 11 is 1.75. The second kappa shape index (κ2) is 8.48. The van der Waals surface area contributed by atoms with Crippen molar-refractivity contribution < 1.29 is 9.15 Å². The van der Waals surface area contributed by atoms with Crippen molar-refractivity contribution in [3.05, 3.63) is 34.0 Å². The fraction of sp³-hybridized carbons (Fsp3) is 0.556. The molecule has 7 heteroatoms. The Hall–Kier alpha value is -1.88. The number of thiophene rings is 1. The largest absolute Gasteiger partial charge is 0.424 e. The van der Waals surface area contributed by atoms with E-state index in [-0.39, 0.29) is 6.04 Å². The van der Waals surface area contributed by atoms with Crippen molar-refractivity contribution in [1.29, 1.82) is 5.26 Å². The number of oxazole rings is 1. The molecule has 2 aromatic rings. The minimum Gasteiger partial charge on any atom is -0.424 e.